The average Bonchev–Trinajstić information content (AvgIpc) is 2.39. The molecule has 0 radical (unpaired) electrons. The van der Waals surface area contributed by atoms with Crippen LogP contribution in [0.1, 0.15) is 18.4 Å². The number of rotatable bonds is 5. The molecule has 0 spiro atoms. The number of nitro groups is 2. The number of hydrogen-bond acceptors (Lipinski definition) is 7. The smallest absolute Gasteiger partial charge is 0.328 e. The fourth-order valence-corrected chi connectivity index (χ4v) is 1.62. The van der Waals surface area contributed by atoms with Gasteiger partial charge in [0.15, 0.2) is 5.92 Å². The Labute approximate surface area is 112 Å². The molecule has 1 unspecified atom stereocenters. The minimum atomic E-state index is -1.73. The van der Waals surface area contributed by atoms with Crippen LogP contribution in [-0.4, -0.2) is 22.4 Å². The molecule has 1 aromatic rings. The molecular formula is C11H9N3O6. The van der Waals surface area contributed by atoms with Crippen molar-refractivity contribution in [1.29, 1.82) is 5.26 Å². The first-order valence-corrected chi connectivity index (χ1v) is 5.42. The highest BCUT2D eigenvalue weighted by atomic mass is 16.6. The van der Waals surface area contributed by atoms with Crippen LogP contribution >= 0.6 is 0 Å². The molecular weight excluding hydrogens is 270 g/mol. The fourth-order valence-electron chi connectivity index (χ4n) is 1.62. The minimum absolute atomic E-state index is 0.0502. The Morgan fingerprint density at radius 2 is 1.85 bits per heavy atom. The summed E-state index contributed by atoms with van der Waals surface area (Å²) in [6, 6.07) is 4.60. The first kappa shape index (κ1) is 15.0. The number of carbonyl (C=O) groups is 1. The Bertz CT molecular complexity index is 574. The number of hydrogen-bond donors (Lipinski definition) is 0. The van der Waals surface area contributed by atoms with E-state index in [4.69, 9.17) is 5.26 Å². The summed E-state index contributed by atoms with van der Waals surface area (Å²) in [6.45, 7) is 1.44. The SMILES string of the molecule is CCOC(=O)C(C#N)c1c([N+](=O)[O-])cccc1[N+](=O)[O-]. The highest BCUT2D eigenvalue weighted by Crippen LogP contribution is 2.35. The second-order valence-electron chi connectivity index (χ2n) is 3.54. The molecule has 1 aromatic carbocycles. The Morgan fingerprint density at radius 3 is 2.20 bits per heavy atom. The van der Waals surface area contributed by atoms with Crippen LogP contribution in [-0.2, 0) is 9.53 Å². The van der Waals surface area contributed by atoms with E-state index in [-0.39, 0.29) is 6.61 Å². The molecule has 0 bridgehead atoms. The number of benzene rings is 1. The summed E-state index contributed by atoms with van der Waals surface area (Å²) in [7, 11) is 0. The van der Waals surface area contributed by atoms with Crippen molar-refractivity contribution < 1.29 is 19.4 Å². The zero-order valence-electron chi connectivity index (χ0n) is 10.3. The van der Waals surface area contributed by atoms with Gasteiger partial charge in [-0.05, 0) is 13.0 Å². The van der Waals surface area contributed by atoms with Crippen molar-refractivity contribution >= 4 is 17.3 Å². The monoisotopic (exact) mass is 279 g/mol. The van der Waals surface area contributed by atoms with E-state index in [1.807, 2.05) is 0 Å². The third-order valence-electron chi connectivity index (χ3n) is 2.39. The van der Waals surface area contributed by atoms with Gasteiger partial charge in [0.05, 0.1) is 22.5 Å². The third-order valence-corrected chi connectivity index (χ3v) is 2.39. The molecule has 0 fully saturated rings. The number of ether oxygens (including phenoxy) is 1. The fraction of sp³-hybridized carbons (Fsp3) is 0.273. The first-order chi connectivity index (χ1) is 9.43. The van der Waals surface area contributed by atoms with Gasteiger partial charge in [0.2, 0.25) is 0 Å². The van der Waals surface area contributed by atoms with E-state index in [1.54, 1.807) is 0 Å². The largest absolute Gasteiger partial charge is 0.465 e. The summed E-state index contributed by atoms with van der Waals surface area (Å²) in [5, 5.41) is 30.8. The van der Waals surface area contributed by atoms with E-state index in [0.717, 1.165) is 18.2 Å². The standard InChI is InChI=1S/C11H9N3O6/c1-2-20-11(15)7(6-12)10-8(13(16)17)4-3-5-9(10)14(18)19/h3-5,7H,2H2,1H3. The second-order valence-corrected chi connectivity index (χ2v) is 3.54. The van der Waals surface area contributed by atoms with Crippen LogP contribution in [0, 0.1) is 31.6 Å². The van der Waals surface area contributed by atoms with Crippen molar-refractivity contribution in [3.8, 4) is 6.07 Å². The molecule has 0 saturated carbocycles. The van der Waals surface area contributed by atoms with Crippen LogP contribution in [0.3, 0.4) is 0 Å². The van der Waals surface area contributed by atoms with Crippen LogP contribution in [0.2, 0.25) is 0 Å². The minimum Gasteiger partial charge on any atom is -0.465 e. The molecule has 1 rings (SSSR count). The van der Waals surface area contributed by atoms with Gasteiger partial charge in [-0.25, -0.2) is 0 Å². The molecule has 9 heteroatoms. The van der Waals surface area contributed by atoms with Crippen LogP contribution < -0.4 is 0 Å². The summed E-state index contributed by atoms with van der Waals surface area (Å²) in [5.41, 5.74) is -1.90. The molecule has 0 aromatic heterocycles. The highest BCUT2D eigenvalue weighted by Gasteiger charge is 2.36. The zero-order chi connectivity index (χ0) is 15.3. The third kappa shape index (κ3) is 2.86. The molecule has 0 heterocycles. The molecule has 104 valence electrons. The Kier molecular flexibility index (Phi) is 4.69. The van der Waals surface area contributed by atoms with E-state index < -0.39 is 38.7 Å². The highest BCUT2D eigenvalue weighted by molar-refractivity contribution is 5.85. The molecule has 0 saturated heterocycles. The van der Waals surface area contributed by atoms with Gasteiger partial charge in [-0.3, -0.25) is 25.0 Å². The summed E-state index contributed by atoms with van der Waals surface area (Å²) >= 11 is 0. The topological polar surface area (TPSA) is 136 Å². The van der Waals surface area contributed by atoms with Gasteiger partial charge in [0.25, 0.3) is 11.4 Å². The molecule has 0 N–H and O–H groups in total. The van der Waals surface area contributed by atoms with Gasteiger partial charge in [0, 0.05) is 12.1 Å². The Hall–Kier alpha value is -3.02. The second kappa shape index (κ2) is 6.24. The average molecular weight is 279 g/mol. The number of esters is 1. The molecule has 1 atom stereocenters. The number of nitrogens with zero attached hydrogens (tertiary/aromatic N) is 3. The lowest BCUT2D eigenvalue weighted by Crippen LogP contribution is -2.17. The molecule has 0 aliphatic rings. The lowest BCUT2D eigenvalue weighted by Gasteiger charge is -2.09. The van der Waals surface area contributed by atoms with Gasteiger partial charge < -0.3 is 4.74 Å². The maximum Gasteiger partial charge on any atom is 0.328 e. The summed E-state index contributed by atoms with van der Waals surface area (Å²) < 4.78 is 4.61. The molecule has 0 amide bonds. The van der Waals surface area contributed by atoms with Gasteiger partial charge in [-0.15, -0.1) is 0 Å². The maximum atomic E-state index is 11.6. The summed E-state index contributed by atoms with van der Waals surface area (Å²) in [5.74, 6) is -2.79. The van der Waals surface area contributed by atoms with Gasteiger partial charge in [-0.1, -0.05) is 0 Å². The summed E-state index contributed by atoms with van der Waals surface area (Å²) in [4.78, 5) is 31.7. The number of nitriles is 1. The maximum absolute atomic E-state index is 11.6. The van der Waals surface area contributed by atoms with E-state index in [0.29, 0.717) is 0 Å². The lowest BCUT2D eigenvalue weighted by molar-refractivity contribution is -0.395. The Balaban J connectivity index is 3.53. The van der Waals surface area contributed by atoms with E-state index in [2.05, 4.69) is 4.74 Å². The zero-order valence-corrected chi connectivity index (χ0v) is 10.3. The predicted molar refractivity (Wildman–Crippen MR) is 64.7 cm³/mol. The molecule has 20 heavy (non-hydrogen) atoms. The van der Waals surface area contributed by atoms with Crippen molar-refractivity contribution in [2.75, 3.05) is 6.61 Å². The number of nitro benzene ring substituents is 2. The molecule has 9 nitrogen and oxygen atoms in total. The van der Waals surface area contributed by atoms with Crippen molar-refractivity contribution in [3.63, 3.8) is 0 Å². The van der Waals surface area contributed by atoms with Gasteiger partial charge >= 0.3 is 5.97 Å². The predicted octanol–water partition coefficient (Wildman–Crippen LogP) is 1.67. The van der Waals surface area contributed by atoms with Crippen LogP contribution in [0.25, 0.3) is 0 Å². The first-order valence-electron chi connectivity index (χ1n) is 5.42. The van der Waals surface area contributed by atoms with Crippen molar-refractivity contribution in [2.24, 2.45) is 0 Å². The van der Waals surface area contributed by atoms with Gasteiger partial charge in [-0.2, -0.15) is 5.26 Å². The van der Waals surface area contributed by atoms with E-state index in [9.17, 15) is 25.0 Å². The van der Waals surface area contributed by atoms with Crippen LogP contribution in [0.4, 0.5) is 11.4 Å². The Morgan fingerprint density at radius 1 is 1.35 bits per heavy atom. The van der Waals surface area contributed by atoms with Crippen molar-refractivity contribution in [3.05, 3.63) is 44.0 Å². The van der Waals surface area contributed by atoms with E-state index in [1.165, 1.54) is 13.0 Å². The molecule has 0 aliphatic heterocycles. The van der Waals surface area contributed by atoms with Gasteiger partial charge in [0.1, 0.15) is 5.56 Å². The van der Waals surface area contributed by atoms with Crippen molar-refractivity contribution in [1.82, 2.24) is 0 Å². The summed E-state index contributed by atoms with van der Waals surface area (Å²) in [6.07, 6.45) is 0. The van der Waals surface area contributed by atoms with Crippen LogP contribution in [0.5, 0.6) is 0 Å². The van der Waals surface area contributed by atoms with Crippen LogP contribution in [0.15, 0.2) is 18.2 Å². The lowest BCUT2D eigenvalue weighted by atomic mass is 9.97. The van der Waals surface area contributed by atoms with E-state index >= 15 is 0 Å². The molecule has 0 aliphatic carbocycles. The van der Waals surface area contributed by atoms with Crippen molar-refractivity contribution in [2.45, 2.75) is 12.8 Å². The normalized spacial score (nSPS) is 11.2. The quantitative estimate of drug-likeness (QED) is 0.454. The number of carbonyl (C=O) groups excluding carboxylic acids is 1.